The highest BCUT2D eigenvalue weighted by atomic mass is 32.2. The summed E-state index contributed by atoms with van der Waals surface area (Å²) in [7, 11) is -3.68. The molecule has 1 saturated carbocycles. The molecule has 2 N–H and O–H groups in total. The topological polar surface area (TPSA) is 88.2 Å². The summed E-state index contributed by atoms with van der Waals surface area (Å²) in [6.07, 6.45) is -2.20. The molecule has 0 unspecified atom stereocenters. The van der Waals surface area contributed by atoms with E-state index in [9.17, 15) is 26.4 Å². The molecule has 1 amide bonds. The molecule has 0 saturated heterocycles. The fourth-order valence-electron chi connectivity index (χ4n) is 2.13. The number of alkyl halides is 3. The average molecular weight is 385 g/mol. The first-order valence-corrected chi connectivity index (χ1v) is 9.10. The van der Waals surface area contributed by atoms with Crippen LogP contribution in [0.2, 0.25) is 0 Å². The quantitative estimate of drug-likeness (QED) is 0.829. The van der Waals surface area contributed by atoms with E-state index in [1.807, 2.05) is 0 Å². The van der Waals surface area contributed by atoms with Crippen LogP contribution in [0.15, 0.2) is 47.5 Å². The molecule has 0 aliphatic heterocycles. The van der Waals surface area contributed by atoms with Gasteiger partial charge in [-0.3, -0.25) is 9.78 Å². The summed E-state index contributed by atoms with van der Waals surface area (Å²) in [5.41, 5.74) is -0.982. The number of pyridine rings is 1. The fraction of sp³-hybridized carbons (Fsp3) is 0.250. The zero-order valence-corrected chi connectivity index (χ0v) is 14.1. The second-order valence-corrected chi connectivity index (χ2v) is 7.52. The Morgan fingerprint density at radius 3 is 2.46 bits per heavy atom. The largest absolute Gasteiger partial charge is 0.433 e. The predicted octanol–water partition coefficient (Wildman–Crippen LogP) is 2.79. The molecule has 1 aromatic carbocycles. The summed E-state index contributed by atoms with van der Waals surface area (Å²) < 4.78 is 64.4. The Hall–Kier alpha value is -2.46. The Balaban J connectivity index is 1.74. The number of halogens is 3. The van der Waals surface area contributed by atoms with Gasteiger partial charge in [0.25, 0.3) is 5.91 Å². The first-order valence-electron chi connectivity index (χ1n) is 7.62. The minimum absolute atomic E-state index is 0.00672. The van der Waals surface area contributed by atoms with Gasteiger partial charge in [-0.2, -0.15) is 13.2 Å². The molecule has 2 aromatic rings. The zero-order valence-electron chi connectivity index (χ0n) is 13.2. The second kappa shape index (κ2) is 6.69. The molecule has 10 heteroatoms. The van der Waals surface area contributed by atoms with Gasteiger partial charge in [0, 0.05) is 17.9 Å². The van der Waals surface area contributed by atoms with Gasteiger partial charge < -0.3 is 5.32 Å². The van der Waals surface area contributed by atoms with Crippen LogP contribution in [0.3, 0.4) is 0 Å². The maximum Gasteiger partial charge on any atom is 0.433 e. The van der Waals surface area contributed by atoms with E-state index in [0.717, 1.165) is 25.1 Å². The van der Waals surface area contributed by atoms with E-state index >= 15 is 0 Å². The molecule has 3 rings (SSSR count). The van der Waals surface area contributed by atoms with E-state index in [4.69, 9.17) is 0 Å². The van der Waals surface area contributed by atoms with Gasteiger partial charge >= 0.3 is 6.18 Å². The number of sulfonamides is 1. The predicted molar refractivity (Wildman–Crippen MR) is 87.0 cm³/mol. The van der Waals surface area contributed by atoms with E-state index in [2.05, 4.69) is 15.0 Å². The van der Waals surface area contributed by atoms with Gasteiger partial charge in [-0.1, -0.05) is 6.07 Å². The Kier molecular flexibility index (Phi) is 4.72. The van der Waals surface area contributed by atoms with Gasteiger partial charge in [-0.15, -0.1) is 0 Å². The Morgan fingerprint density at radius 2 is 1.88 bits per heavy atom. The highest BCUT2D eigenvalue weighted by Crippen LogP contribution is 2.27. The van der Waals surface area contributed by atoms with Crippen LogP contribution in [-0.4, -0.2) is 25.4 Å². The van der Waals surface area contributed by atoms with Crippen LogP contribution in [0, 0.1) is 0 Å². The van der Waals surface area contributed by atoms with Crippen LogP contribution >= 0.6 is 0 Å². The standard InChI is InChI=1S/C16H14F3N3O3S/c17-16(18,19)14-7-4-10(9-20-14)15(23)21-12-2-1-3-13(8-12)26(24,25)22-11-5-6-11/h1-4,7-9,11,22H,5-6H2,(H,21,23). The van der Waals surface area contributed by atoms with Crippen molar-refractivity contribution < 1.29 is 26.4 Å². The number of anilines is 1. The van der Waals surface area contributed by atoms with Gasteiger partial charge in [0.15, 0.2) is 0 Å². The lowest BCUT2D eigenvalue weighted by molar-refractivity contribution is -0.141. The number of benzene rings is 1. The van der Waals surface area contributed by atoms with E-state index < -0.39 is 27.8 Å². The van der Waals surface area contributed by atoms with Crippen molar-refractivity contribution in [2.45, 2.75) is 30.0 Å². The van der Waals surface area contributed by atoms with Crippen molar-refractivity contribution in [1.82, 2.24) is 9.71 Å². The zero-order chi connectivity index (χ0) is 18.9. The van der Waals surface area contributed by atoms with Gasteiger partial charge in [0.1, 0.15) is 5.69 Å². The van der Waals surface area contributed by atoms with E-state index in [1.54, 1.807) is 0 Å². The third-order valence-corrected chi connectivity index (χ3v) is 5.14. The molecule has 0 bridgehead atoms. The van der Waals surface area contributed by atoms with Crippen LogP contribution in [0.25, 0.3) is 0 Å². The highest BCUT2D eigenvalue weighted by molar-refractivity contribution is 7.89. The normalized spacial score (nSPS) is 14.9. The average Bonchev–Trinajstić information content (AvgIpc) is 3.38. The van der Waals surface area contributed by atoms with Crippen LogP contribution in [0.4, 0.5) is 18.9 Å². The Bertz CT molecular complexity index is 924. The molecule has 1 aromatic heterocycles. The van der Waals surface area contributed by atoms with Crippen LogP contribution in [-0.2, 0) is 16.2 Å². The maximum absolute atomic E-state index is 12.5. The van der Waals surface area contributed by atoms with Gasteiger partial charge in [-0.25, -0.2) is 13.1 Å². The molecule has 1 heterocycles. The summed E-state index contributed by atoms with van der Waals surface area (Å²) in [6.45, 7) is 0. The van der Waals surface area contributed by atoms with E-state index in [1.165, 1.54) is 24.3 Å². The van der Waals surface area contributed by atoms with Crippen molar-refractivity contribution in [3.05, 3.63) is 53.9 Å². The van der Waals surface area contributed by atoms with Crippen molar-refractivity contribution in [1.29, 1.82) is 0 Å². The van der Waals surface area contributed by atoms with Gasteiger partial charge in [0.05, 0.1) is 10.5 Å². The number of carbonyl (C=O) groups is 1. The van der Waals surface area contributed by atoms with Crippen molar-refractivity contribution >= 4 is 21.6 Å². The molecule has 1 aliphatic rings. The lowest BCUT2D eigenvalue weighted by Gasteiger charge is -2.10. The van der Waals surface area contributed by atoms with Crippen LogP contribution < -0.4 is 10.0 Å². The number of rotatable bonds is 5. The molecular formula is C16H14F3N3O3S. The minimum Gasteiger partial charge on any atom is -0.322 e. The van der Waals surface area contributed by atoms with Crippen molar-refractivity contribution in [2.24, 2.45) is 0 Å². The third kappa shape index (κ3) is 4.38. The Labute approximate surface area is 147 Å². The summed E-state index contributed by atoms with van der Waals surface area (Å²) in [4.78, 5) is 15.3. The van der Waals surface area contributed by atoms with Gasteiger partial charge in [0.2, 0.25) is 10.0 Å². The molecule has 1 aliphatic carbocycles. The number of nitrogens with one attached hydrogen (secondary N) is 2. The molecule has 138 valence electrons. The smallest absolute Gasteiger partial charge is 0.322 e. The third-order valence-electron chi connectivity index (χ3n) is 3.62. The van der Waals surface area contributed by atoms with Crippen LogP contribution in [0.1, 0.15) is 28.9 Å². The number of hydrogen-bond donors (Lipinski definition) is 2. The SMILES string of the molecule is O=C(Nc1cccc(S(=O)(=O)NC2CC2)c1)c1ccc(C(F)(F)F)nc1. The number of hydrogen-bond acceptors (Lipinski definition) is 4. The molecule has 0 radical (unpaired) electrons. The second-order valence-electron chi connectivity index (χ2n) is 5.81. The Morgan fingerprint density at radius 1 is 1.15 bits per heavy atom. The molecule has 6 nitrogen and oxygen atoms in total. The summed E-state index contributed by atoms with van der Waals surface area (Å²) in [5.74, 6) is -0.698. The van der Waals surface area contributed by atoms with E-state index in [0.29, 0.717) is 6.07 Å². The number of carbonyl (C=O) groups excluding carboxylic acids is 1. The van der Waals surface area contributed by atoms with Crippen LogP contribution in [0.5, 0.6) is 0 Å². The van der Waals surface area contributed by atoms with Crippen molar-refractivity contribution in [2.75, 3.05) is 5.32 Å². The lowest BCUT2D eigenvalue weighted by Crippen LogP contribution is -2.25. The number of aromatic nitrogens is 1. The highest BCUT2D eigenvalue weighted by Gasteiger charge is 2.32. The molecular weight excluding hydrogens is 371 g/mol. The van der Waals surface area contributed by atoms with E-state index in [-0.39, 0.29) is 22.2 Å². The monoisotopic (exact) mass is 385 g/mol. The maximum atomic E-state index is 12.5. The van der Waals surface area contributed by atoms with Gasteiger partial charge in [-0.05, 0) is 43.2 Å². The fourth-order valence-corrected chi connectivity index (χ4v) is 3.48. The summed E-state index contributed by atoms with van der Waals surface area (Å²) in [6, 6.07) is 7.25. The number of amides is 1. The minimum atomic E-state index is -4.59. The lowest BCUT2D eigenvalue weighted by atomic mass is 10.2. The molecule has 26 heavy (non-hydrogen) atoms. The number of nitrogens with zero attached hydrogens (tertiary/aromatic N) is 1. The first-order chi connectivity index (χ1) is 12.1. The first kappa shape index (κ1) is 18.3. The molecule has 1 fully saturated rings. The summed E-state index contributed by atoms with van der Waals surface area (Å²) in [5, 5.41) is 2.45. The molecule has 0 spiro atoms. The van der Waals surface area contributed by atoms with Crippen molar-refractivity contribution in [3.63, 3.8) is 0 Å². The molecule has 0 atom stereocenters. The summed E-state index contributed by atoms with van der Waals surface area (Å²) >= 11 is 0. The van der Waals surface area contributed by atoms with Crippen molar-refractivity contribution in [3.8, 4) is 0 Å².